The summed E-state index contributed by atoms with van der Waals surface area (Å²) in [6.45, 7) is 0. The summed E-state index contributed by atoms with van der Waals surface area (Å²) >= 11 is 0. The minimum absolute atomic E-state index is 0.0290. The predicted octanol–water partition coefficient (Wildman–Crippen LogP) is 3.48. The third-order valence-electron chi connectivity index (χ3n) is 12.2. The SMILES string of the molecule is Cn1cc(NC(=O)Nc2cc(C(=O)Nc3cc(C(=O)Nc4ccc(S(=O)(=O)O)c5cc(S(=O)(=O)O)c(S(=O)(=O)O)cc45)n(C)c3)n(C)c2)cc1C(=O)Nc1cc(C(=O)Nc2ccc(S(=O)(=O)O)c3cc(S(=O)(=O)O)c(S(=O)(=O)O)cc23)n(C)c1. The van der Waals surface area contributed by atoms with Crippen LogP contribution in [0.15, 0.2) is 127 Å². The molecule has 0 atom stereocenters. The van der Waals surface area contributed by atoms with Crippen molar-refractivity contribution in [3.63, 3.8) is 0 Å². The summed E-state index contributed by atoms with van der Waals surface area (Å²) in [5, 5.41) is 12.5. The number of benzene rings is 4. The third kappa shape index (κ3) is 12.7. The summed E-state index contributed by atoms with van der Waals surface area (Å²) in [6.07, 6.45) is 5.34. The average Bonchev–Trinajstić information content (AvgIpc) is 1.51. The average molecular weight is 1280 g/mol. The number of aromatic nitrogens is 4. The largest absolute Gasteiger partial charge is 0.344 e. The van der Waals surface area contributed by atoms with Crippen molar-refractivity contribution in [3.8, 4) is 0 Å². The van der Waals surface area contributed by atoms with Gasteiger partial charge in [-0.1, -0.05) is 0 Å². The van der Waals surface area contributed by atoms with Crippen LogP contribution in [0.1, 0.15) is 42.0 Å². The van der Waals surface area contributed by atoms with E-state index in [-0.39, 0.29) is 56.9 Å². The molecule has 0 saturated heterocycles. The van der Waals surface area contributed by atoms with E-state index in [4.69, 9.17) is 0 Å². The molecule has 33 nitrogen and oxygen atoms in total. The molecule has 8 rings (SSSR count). The van der Waals surface area contributed by atoms with Crippen molar-refractivity contribution in [1.82, 2.24) is 18.3 Å². The van der Waals surface area contributed by atoms with Crippen molar-refractivity contribution in [2.75, 3.05) is 31.9 Å². The van der Waals surface area contributed by atoms with Crippen LogP contribution in [0.25, 0.3) is 21.5 Å². The zero-order valence-electron chi connectivity index (χ0n) is 42.6. The van der Waals surface area contributed by atoms with Gasteiger partial charge in [0.2, 0.25) is 0 Å². The normalized spacial score (nSPS) is 12.5. The molecule has 39 heteroatoms. The zero-order valence-corrected chi connectivity index (χ0v) is 47.5. The Balaban J connectivity index is 0.920. The molecule has 0 saturated carbocycles. The fourth-order valence-corrected chi connectivity index (χ4v) is 13.6. The van der Waals surface area contributed by atoms with Crippen molar-refractivity contribution in [1.29, 1.82) is 0 Å². The predicted molar refractivity (Wildman–Crippen MR) is 293 cm³/mol. The van der Waals surface area contributed by atoms with Gasteiger partial charge in [0.25, 0.3) is 84.3 Å². The molecule has 0 aliphatic heterocycles. The standard InChI is InChI=1S/C45H40N10O23S6/c1-52-17-21(9-33(52)43(58)50-29-5-7-35(79(61,62)63)27-15-39(83(73,74)75)37(13-25(27)29)81(67,68)69)46-41(56)31-11-23(19-54(31)3)48-45(60)49-24-12-32(55(4)20-24)42(57)47-22-10-34(53(2)18-22)44(59)51-30-6-8-36(80(64,65)66)28-16-40(84(76,77)78)38(14-26(28)30)82(70,71)72/h5-20H,1-4H3,(H,46,56)(H,47,57)(H,50,58)(H,51,59)(H2,48,49,60)(H,61,62,63)(H,64,65,66)(H,67,68,69)(H,70,71,72)(H,73,74,75)(H,76,77,78). The van der Waals surface area contributed by atoms with E-state index in [1.165, 1.54) is 95.5 Å². The van der Waals surface area contributed by atoms with E-state index >= 15 is 0 Å². The highest BCUT2D eigenvalue weighted by molar-refractivity contribution is 7.89. The van der Waals surface area contributed by atoms with Gasteiger partial charge in [-0.15, -0.1) is 0 Å². The number of carbonyl (C=O) groups is 5. The molecule has 0 radical (unpaired) electrons. The highest BCUT2D eigenvalue weighted by Crippen LogP contribution is 2.38. The Kier molecular flexibility index (Phi) is 15.6. The minimum atomic E-state index is -5.45. The van der Waals surface area contributed by atoms with E-state index in [9.17, 15) is 102 Å². The lowest BCUT2D eigenvalue weighted by Crippen LogP contribution is -2.18. The number of nitrogens with zero attached hydrogens (tertiary/aromatic N) is 4. The van der Waals surface area contributed by atoms with E-state index in [0.29, 0.717) is 24.3 Å². The number of fused-ring (bicyclic) bond motifs is 2. The lowest BCUT2D eigenvalue weighted by Gasteiger charge is -2.14. The molecular weight excluding hydrogens is 1240 g/mol. The maximum absolute atomic E-state index is 13.6. The van der Waals surface area contributed by atoms with Crippen molar-refractivity contribution < 1.29 is 102 Å². The summed E-state index contributed by atoms with van der Waals surface area (Å²) in [5.41, 5.74) is -0.913. The molecule has 6 amide bonds. The number of carbonyl (C=O) groups excluding carboxylic acids is 5. The Hall–Kier alpha value is -8.87. The molecule has 0 aliphatic rings. The topological polar surface area (TPSA) is 503 Å². The van der Waals surface area contributed by atoms with E-state index in [1.807, 2.05) is 0 Å². The Morgan fingerprint density at radius 2 is 0.536 bits per heavy atom. The Morgan fingerprint density at radius 1 is 0.310 bits per heavy atom. The molecule has 84 heavy (non-hydrogen) atoms. The number of urea groups is 1. The smallest absolute Gasteiger partial charge is 0.323 e. The molecule has 444 valence electrons. The number of anilines is 6. The summed E-state index contributed by atoms with van der Waals surface area (Å²) in [7, 11) is -26.4. The molecule has 4 aromatic heterocycles. The molecule has 0 fully saturated rings. The molecule has 0 bridgehead atoms. The van der Waals surface area contributed by atoms with E-state index in [1.54, 1.807) is 0 Å². The highest BCUT2D eigenvalue weighted by Gasteiger charge is 2.31. The van der Waals surface area contributed by atoms with Crippen LogP contribution in [0.2, 0.25) is 0 Å². The minimum Gasteiger partial charge on any atom is -0.344 e. The lowest BCUT2D eigenvalue weighted by molar-refractivity contribution is 0.101. The molecular formula is C45H40N10O23S6. The van der Waals surface area contributed by atoms with Crippen molar-refractivity contribution in [2.45, 2.75) is 29.4 Å². The van der Waals surface area contributed by atoms with Gasteiger partial charge in [-0.05, 0) is 72.8 Å². The van der Waals surface area contributed by atoms with Gasteiger partial charge in [0.15, 0.2) is 0 Å². The van der Waals surface area contributed by atoms with Crippen LogP contribution in [0.5, 0.6) is 0 Å². The van der Waals surface area contributed by atoms with Gasteiger partial charge in [0, 0.05) is 85.9 Å². The molecule has 8 aromatic rings. The van der Waals surface area contributed by atoms with Gasteiger partial charge in [-0.25, -0.2) is 4.79 Å². The van der Waals surface area contributed by atoms with Gasteiger partial charge in [0.1, 0.15) is 52.1 Å². The van der Waals surface area contributed by atoms with Crippen LogP contribution in [0.4, 0.5) is 38.9 Å². The van der Waals surface area contributed by atoms with Crippen LogP contribution >= 0.6 is 0 Å². The fourth-order valence-electron chi connectivity index (χ4n) is 8.62. The summed E-state index contributed by atoms with van der Waals surface area (Å²) in [6, 6.07) is 9.03. The number of aryl methyl sites for hydroxylation is 4. The van der Waals surface area contributed by atoms with Gasteiger partial charge in [-0.3, -0.25) is 46.5 Å². The number of hydrogen-bond acceptors (Lipinski definition) is 17. The van der Waals surface area contributed by atoms with Crippen LogP contribution in [-0.2, 0) is 88.9 Å². The Morgan fingerprint density at radius 3 is 0.786 bits per heavy atom. The second-order valence-electron chi connectivity index (χ2n) is 18.1. The van der Waals surface area contributed by atoms with E-state index in [2.05, 4.69) is 31.9 Å². The van der Waals surface area contributed by atoms with Crippen molar-refractivity contribution in [3.05, 3.63) is 120 Å². The van der Waals surface area contributed by atoms with Crippen LogP contribution in [0, 0.1) is 0 Å². The van der Waals surface area contributed by atoms with Crippen LogP contribution < -0.4 is 31.9 Å². The zero-order chi connectivity index (χ0) is 62.3. The summed E-state index contributed by atoms with van der Waals surface area (Å²) in [4.78, 5) is 59.7. The third-order valence-corrected chi connectivity index (χ3v) is 17.9. The maximum atomic E-state index is 13.6. The van der Waals surface area contributed by atoms with Gasteiger partial charge < -0.3 is 50.2 Å². The number of rotatable bonds is 16. The summed E-state index contributed by atoms with van der Waals surface area (Å²) < 4.78 is 209. The van der Waals surface area contributed by atoms with Gasteiger partial charge in [-0.2, -0.15) is 50.5 Å². The van der Waals surface area contributed by atoms with Gasteiger partial charge in [0.05, 0.1) is 22.7 Å². The second-order valence-corrected chi connectivity index (χ2v) is 26.4. The molecule has 0 spiro atoms. The molecule has 0 unspecified atom stereocenters. The first kappa shape index (κ1) is 61.2. The van der Waals surface area contributed by atoms with Crippen molar-refractivity contribution >= 4 is 146 Å². The summed E-state index contributed by atoms with van der Waals surface area (Å²) in [5.74, 6) is -3.46. The quantitative estimate of drug-likeness (QED) is 0.0616. The highest BCUT2D eigenvalue weighted by atomic mass is 32.2. The molecule has 12 N–H and O–H groups in total. The first-order valence-corrected chi connectivity index (χ1v) is 31.3. The number of nitrogens with one attached hydrogen (secondary N) is 6. The fraction of sp³-hybridized carbons (Fsp3) is 0.0889. The molecule has 0 aliphatic carbocycles. The van der Waals surface area contributed by atoms with Crippen molar-refractivity contribution in [2.24, 2.45) is 28.2 Å². The second kappa shape index (κ2) is 21.4. The first-order valence-electron chi connectivity index (χ1n) is 22.7. The monoisotopic (exact) mass is 1280 g/mol. The maximum Gasteiger partial charge on any atom is 0.323 e. The number of hydrogen-bond donors (Lipinski definition) is 12. The van der Waals surface area contributed by atoms with Gasteiger partial charge >= 0.3 is 6.03 Å². The van der Waals surface area contributed by atoms with E-state index in [0.717, 1.165) is 24.3 Å². The Labute approximate surface area is 473 Å². The molecule has 4 heterocycles. The number of amides is 6. The van der Waals surface area contributed by atoms with E-state index < -0.39 is 141 Å². The van der Waals surface area contributed by atoms with Crippen LogP contribution in [0.3, 0.4) is 0 Å². The Bertz CT molecular complexity index is 4640. The molecule has 4 aromatic carbocycles. The van der Waals surface area contributed by atoms with Crippen LogP contribution in [-0.4, -0.2) is 126 Å². The lowest BCUT2D eigenvalue weighted by atomic mass is 10.1. The first-order chi connectivity index (χ1) is 38.6.